The topological polar surface area (TPSA) is 20.2 Å². The minimum Gasteiger partial charge on any atom is -0.392 e. The fraction of sp³-hybridized carbons (Fsp3) is 0.286. The van der Waals surface area contributed by atoms with Gasteiger partial charge in [-0.3, -0.25) is 0 Å². The molecule has 10 radical (unpaired) electrons. The summed E-state index contributed by atoms with van der Waals surface area (Å²) in [5.41, 5.74) is 0. The molecule has 1 nitrogen and oxygen atoms in total. The molecule has 2 aliphatic rings. The molecule has 0 aromatic heterocycles. The van der Waals surface area contributed by atoms with Gasteiger partial charge in [0.1, 0.15) is 0 Å². The Labute approximate surface area is 112 Å². The van der Waals surface area contributed by atoms with E-state index in [-0.39, 0.29) is 23.2 Å². The van der Waals surface area contributed by atoms with Crippen LogP contribution in [0.5, 0.6) is 0 Å². The van der Waals surface area contributed by atoms with E-state index in [4.69, 9.17) is 0 Å². The molecule has 0 aromatic carbocycles. The van der Waals surface area contributed by atoms with Crippen molar-refractivity contribution in [2.24, 2.45) is 5.92 Å². The molecule has 2 fully saturated rings. The van der Waals surface area contributed by atoms with Gasteiger partial charge in [0.2, 0.25) is 0 Å². The summed E-state index contributed by atoms with van der Waals surface area (Å²) in [6.45, 7) is 4.02. The van der Waals surface area contributed by atoms with Gasteiger partial charge in [0.15, 0.2) is 0 Å². The van der Waals surface area contributed by atoms with Crippen LogP contribution in [0.15, 0.2) is 0 Å². The van der Waals surface area contributed by atoms with Crippen molar-refractivity contribution in [3.63, 3.8) is 0 Å². The van der Waals surface area contributed by atoms with Crippen LogP contribution in [0.3, 0.4) is 0 Å². The molecular formula is C14H18FeO+2. The molecule has 1 atom stereocenters. The number of rotatable bonds is 2. The fourth-order valence-corrected chi connectivity index (χ4v) is 1.29. The molecule has 0 aromatic rings. The van der Waals surface area contributed by atoms with Gasteiger partial charge in [-0.05, 0) is 63.7 Å². The first-order valence-corrected chi connectivity index (χ1v) is 5.28. The van der Waals surface area contributed by atoms with Crippen molar-refractivity contribution in [3.8, 4) is 0 Å². The molecule has 86 valence electrons. The number of hydrogen-bond acceptors (Lipinski definition) is 1. The third kappa shape index (κ3) is 6.27. The molecule has 0 amide bonds. The molecule has 0 saturated heterocycles. The second-order valence-electron chi connectivity index (χ2n) is 3.87. The van der Waals surface area contributed by atoms with E-state index in [1.807, 2.05) is 71.6 Å². The van der Waals surface area contributed by atoms with E-state index in [1.54, 1.807) is 0 Å². The molecule has 2 saturated carbocycles. The van der Waals surface area contributed by atoms with Crippen LogP contribution in [0, 0.1) is 69.6 Å². The number of aliphatic hydroxyl groups is 1. The zero-order valence-electron chi connectivity index (χ0n) is 9.65. The molecule has 0 aliphatic heterocycles. The second-order valence-corrected chi connectivity index (χ2v) is 3.87. The van der Waals surface area contributed by atoms with E-state index in [0.717, 1.165) is 5.92 Å². The van der Waals surface area contributed by atoms with Crippen molar-refractivity contribution >= 4 is 0 Å². The minimum atomic E-state index is -0.296. The smallest absolute Gasteiger partial charge is 0.392 e. The average Bonchev–Trinajstić information content (AvgIpc) is 2.92. The van der Waals surface area contributed by atoms with Crippen LogP contribution in [-0.2, 0) is 17.1 Å². The van der Waals surface area contributed by atoms with Gasteiger partial charge in [0.25, 0.3) is 0 Å². The third-order valence-electron chi connectivity index (χ3n) is 2.22. The normalized spacial score (nSPS) is 22.5. The van der Waals surface area contributed by atoms with E-state index in [0.29, 0.717) is 5.92 Å². The zero-order valence-corrected chi connectivity index (χ0v) is 10.8. The molecule has 1 N–H and O–H groups in total. The van der Waals surface area contributed by atoms with E-state index in [1.165, 1.54) is 0 Å². The summed E-state index contributed by atoms with van der Waals surface area (Å²) >= 11 is 0. The number of hydrogen-bond donors (Lipinski definition) is 1. The summed E-state index contributed by atoms with van der Waals surface area (Å²) in [5.74, 6) is 1.33. The number of aliphatic hydroxyl groups excluding tert-OH is 1. The van der Waals surface area contributed by atoms with E-state index < -0.39 is 0 Å². The average molecular weight is 258 g/mol. The molecular weight excluding hydrogens is 240 g/mol. The Balaban J connectivity index is 0.000000318. The van der Waals surface area contributed by atoms with Crippen molar-refractivity contribution in [1.29, 1.82) is 0 Å². The van der Waals surface area contributed by atoms with E-state index in [2.05, 4.69) is 0 Å². The second kappa shape index (κ2) is 9.50. The predicted molar refractivity (Wildman–Crippen MR) is 62.8 cm³/mol. The van der Waals surface area contributed by atoms with Gasteiger partial charge < -0.3 is 5.11 Å². The van der Waals surface area contributed by atoms with Crippen molar-refractivity contribution in [2.75, 3.05) is 0 Å². The Morgan fingerprint density at radius 3 is 1.50 bits per heavy atom. The predicted octanol–water partition coefficient (Wildman–Crippen LogP) is 2.43. The molecule has 16 heavy (non-hydrogen) atoms. The quantitative estimate of drug-likeness (QED) is 0.754. The van der Waals surface area contributed by atoms with Crippen LogP contribution in [-0.4, -0.2) is 11.2 Å². The van der Waals surface area contributed by atoms with E-state index >= 15 is 0 Å². The molecule has 2 aliphatic carbocycles. The summed E-state index contributed by atoms with van der Waals surface area (Å²) < 4.78 is 0. The van der Waals surface area contributed by atoms with Crippen LogP contribution < -0.4 is 0 Å². The van der Waals surface area contributed by atoms with Crippen molar-refractivity contribution in [3.05, 3.63) is 63.7 Å². The Morgan fingerprint density at radius 2 is 1.19 bits per heavy atom. The van der Waals surface area contributed by atoms with Crippen LogP contribution in [0.4, 0.5) is 0 Å². The Kier molecular flexibility index (Phi) is 9.79. The molecule has 2 rings (SSSR count). The van der Waals surface area contributed by atoms with Crippen molar-refractivity contribution in [1.82, 2.24) is 0 Å². The summed E-state index contributed by atoms with van der Waals surface area (Å²) in [6.07, 6.45) is 17.5. The zero-order chi connectivity index (χ0) is 11.1. The Bertz CT molecular complexity index is 141. The fourth-order valence-electron chi connectivity index (χ4n) is 1.29. The first-order valence-electron chi connectivity index (χ1n) is 5.28. The largest absolute Gasteiger partial charge is 2.00 e. The maximum atomic E-state index is 9.49. The monoisotopic (exact) mass is 258 g/mol. The maximum absolute atomic E-state index is 9.49. The van der Waals surface area contributed by atoms with Crippen LogP contribution >= 0.6 is 0 Å². The van der Waals surface area contributed by atoms with Gasteiger partial charge in [-0.1, -0.05) is 13.8 Å². The van der Waals surface area contributed by atoms with Gasteiger partial charge in [-0.15, -0.1) is 0 Å². The van der Waals surface area contributed by atoms with Gasteiger partial charge in [-0.25, -0.2) is 0 Å². The first kappa shape index (κ1) is 16.5. The van der Waals surface area contributed by atoms with Crippen LogP contribution in [0.2, 0.25) is 0 Å². The van der Waals surface area contributed by atoms with E-state index in [9.17, 15) is 5.11 Å². The molecule has 0 heterocycles. The summed E-state index contributed by atoms with van der Waals surface area (Å²) in [7, 11) is 0. The summed E-state index contributed by atoms with van der Waals surface area (Å²) in [5, 5.41) is 9.49. The van der Waals surface area contributed by atoms with Crippen molar-refractivity contribution < 1.29 is 22.2 Å². The molecule has 0 spiro atoms. The van der Waals surface area contributed by atoms with Gasteiger partial charge in [0, 0.05) is 5.92 Å². The van der Waals surface area contributed by atoms with Crippen LogP contribution in [0.25, 0.3) is 0 Å². The first-order chi connectivity index (χ1) is 7.22. The Morgan fingerprint density at radius 1 is 0.812 bits per heavy atom. The molecule has 0 unspecified atom stereocenters. The van der Waals surface area contributed by atoms with Gasteiger partial charge >= 0.3 is 17.1 Å². The summed E-state index contributed by atoms with van der Waals surface area (Å²) in [6, 6.07) is 0. The maximum Gasteiger partial charge on any atom is 2.00 e. The third-order valence-corrected chi connectivity index (χ3v) is 2.22. The SMILES string of the molecule is CC(C)[C@H](O)[C]1[CH][CH][CH][CH]1.[CH]1[CH][CH][CH][CH]1.[Fe+2]. The van der Waals surface area contributed by atoms with Gasteiger partial charge in [0.05, 0.1) is 6.10 Å². The Hall–Kier alpha value is 0.479. The standard InChI is InChI=1S/C9H13O.C5H5.Fe/c1-7(2)9(10)8-5-3-4-6-8;1-2-4-5-3-1;/h3-7,9-10H,1-2H3;1-5H;/q;;+2/t9-;;/m0../s1. The van der Waals surface area contributed by atoms with Gasteiger partial charge in [-0.2, -0.15) is 0 Å². The van der Waals surface area contributed by atoms with Crippen LogP contribution in [0.1, 0.15) is 13.8 Å². The summed E-state index contributed by atoms with van der Waals surface area (Å²) in [4.78, 5) is 0. The molecule has 0 bridgehead atoms. The van der Waals surface area contributed by atoms with Crippen molar-refractivity contribution in [2.45, 2.75) is 20.0 Å². The minimum absolute atomic E-state index is 0. The molecule has 2 heteroatoms.